The number of benzene rings is 1. The summed E-state index contributed by atoms with van der Waals surface area (Å²) in [5, 5.41) is 4.26. The first-order chi connectivity index (χ1) is 21.5. The van der Waals surface area contributed by atoms with E-state index in [1.165, 1.54) is 5.56 Å². The summed E-state index contributed by atoms with van der Waals surface area (Å²) in [6.45, 7) is 8.65. The number of aryl methyl sites for hydroxylation is 2. The summed E-state index contributed by atoms with van der Waals surface area (Å²) in [7, 11) is 2.69. The number of nitrogens with zero attached hydrogens (tertiary/aromatic N) is 2. The highest BCUT2D eigenvalue weighted by atomic mass is 31.0. The summed E-state index contributed by atoms with van der Waals surface area (Å²) in [6.07, 6.45) is 5.83. The summed E-state index contributed by atoms with van der Waals surface area (Å²) in [5.41, 5.74) is 3.12. The van der Waals surface area contributed by atoms with E-state index in [0.717, 1.165) is 60.2 Å². The van der Waals surface area contributed by atoms with Crippen LogP contribution in [-0.2, 0) is 38.5 Å². The van der Waals surface area contributed by atoms with Crippen molar-refractivity contribution in [1.82, 2.24) is 9.88 Å². The van der Waals surface area contributed by atoms with Gasteiger partial charge in [0.05, 0.1) is 12.7 Å². The van der Waals surface area contributed by atoms with Crippen LogP contribution in [0.5, 0.6) is 0 Å². The number of rotatable bonds is 12. The van der Waals surface area contributed by atoms with Gasteiger partial charge in [-0.05, 0) is 113 Å². The summed E-state index contributed by atoms with van der Waals surface area (Å²) < 4.78 is 48.9. The topological polar surface area (TPSA) is 72.9 Å². The Morgan fingerprint density at radius 2 is 1.96 bits per heavy atom. The Balaban J connectivity index is 1.24. The van der Waals surface area contributed by atoms with Crippen LogP contribution in [0.1, 0.15) is 94.1 Å². The highest BCUT2D eigenvalue weighted by Gasteiger charge is 2.46. The molecule has 0 spiro atoms. The minimum absolute atomic E-state index is 0.0943. The molecular weight excluding hydrogens is 595 g/mol. The molecule has 10 heteroatoms. The van der Waals surface area contributed by atoms with Crippen molar-refractivity contribution in [2.45, 2.75) is 109 Å². The Labute approximate surface area is 269 Å². The average Bonchev–Trinajstić information content (AvgIpc) is 3.49. The molecule has 1 N–H and O–H groups in total. The molecule has 7 nitrogen and oxygen atoms in total. The van der Waals surface area contributed by atoms with E-state index in [9.17, 15) is 4.79 Å². The fourth-order valence-electron chi connectivity index (χ4n) is 6.63. The molecule has 1 aromatic heterocycles. The second kappa shape index (κ2) is 15.1. The molecule has 2 aromatic rings. The maximum Gasteiger partial charge on any atom is 0.328 e. The zero-order valence-electron chi connectivity index (χ0n) is 27.1. The summed E-state index contributed by atoms with van der Waals surface area (Å²) in [6, 6.07) is 9.26. The molecule has 0 bridgehead atoms. The lowest BCUT2D eigenvalue weighted by Gasteiger charge is -2.32. The maximum atomic E-state index is 15.7. The Bertz CT molecular complexity index is 1300. The van der Waals surface area contributed by atoms with Crippen LogP contribution in [0.15, 0.2) is 30.3 Å². The summed E-state index contributed by atoms with van der Waals surface area (Å²) in [4.78, 5) is 20.4. The molecule has 1 aromatic carbocycles. The first-order valence-corrected chi connectivity index (χ1v) is 17.2. The molecule has 248 valence electrons. The highest BCUT2D eigenvalue weighted by Crippen LogP contribution is 2.40. The molecule has 45 heavy (non-hydrogen) atoms. The fraction of sp³-hybridized carbons (Fsp3) is 0.657. The number of aromatic nitrogens is 1. The van der Waals surface area contributed by atoms with Gasteiger partial charge >= 0.3 is 5.97 Å². The largest absolute Gasteiger partial charge is 0.459 e. The Morgan fingerprint density at radius 1 is 1.16 bits per heavy atom. The van der Waals surface area contributed by atoms with Crippen LogP contribution in [0.3, 0.4) is 0 Å². The predicted octanol–water partition coefficient (Wildman–Crippen LogP) is 6.39. The van der Waals surface area contributed by atoms with Crippen LogP contribution in [0.2, 0.25) is 0 Å². The van der Waals surface area contributed by atoms with Crippen molar-refractivity contribution in [3.05, 3.63) is 52.7 Å². The van der Waals surface area contributed by atoms with Gasteiger partial charge in [-0.25, -0.2) is 18.6 Å². The van der Waals surface area contributed by atoms with Crippen molar-refractivity contribution in [3.63, 3.8) is 0 Å². The Hall–Kier alpha value is -2.19. The van der Waals surface area contributed by atoms with Crippen molar-refractivity contribution in [1.29, 1.82) is 0 Å². The number of alkyl halides is 2. The lowest BCUT2D eigenvalue weighted by atomic mass is 9.94. The van der Waals surface area contributed by atoms with Crippen molar-refractivity contribution in [3.8, 4) is 0 Å². The first kappa shape index (κ1) is 34.2. The van der Waals surface area contributed by atoms with Gasteiger partial charge in [0.1, 0.15) is 17.5 Å². The molecule has 0 amide bonds. The van der Waals surface area contributed by atoms with Crippen LogP contribution in [0.4, 0.5) is 14.6 Å². The molecule has 0 radical (unpaired) electrons. The van der Waals surface area contributed by atoms with Gasteiger partial charge < -0.3 is 19.5 Å². The van der Waals surface area contributed by atoms with E-state index in [2.05, 4.69) is 20.6 Å². The lowest BCUT2D eigenvalue weighted by Crippen LogP contribution is -2.39. The quantitative estimate of drug-likeness (QED) is 0.163. The minimum Gasteiger partial charge on any atom is -0.459 e. The number of fused-ring (bicyclic) bond motifs is 1. The van der Waals surface area contributed by atoms with Crippen molar-refractivity contribution in [2.75, 3.05) is 38.2 Å². The monoisotopic (exact) mass is 645 g/mol. The molecular formula is C35H50F2N3O4P. The van der Waals surface area contributed by atoms with E-state index in [1.807, 2.05) is 49.9 Å². The number of anilines is 1. The SMILES string of the molecule is CC(C)(C)OC(=O)C(c1cc(P)ccc1COC1CCOCC1)N1CC[C@@H](C(F)(F)CCCCc2ccc3c(n2)NCCC3)C1. The number of carbonyl (C=O) groups is 1. The van der Waals surface area contributed by atoms with Gasteiger partial charge in [0.25, 0.3) is 5.92 Å². The van der Waals surface area contributed by atoms with Crippen molar-refractivity contribution in [2.24, 2.45) is 5.92 Å². The molecule has 0 saturated carbocycles. The first-order valence-electron chi connectivity index (χ1n) is 16.6. The van der Waals surface area contributed by atoms with E-state index < -0.39 is 29.5 Å². The number of nitrogens with one attached hydrogen (secondary N) is 1. The van der Waals surface area contributed by atoms with E-state index in [1.54, 1.807) is 0 Å². The number of halogens is 2. The molecule has 0 aliphatic carbocycles. The number of pyridine rings is 1. The fourth-order valence-corrected chi connectivity index (χ4v) is 6.90. The van der Waals surface area contributed by atoms with Crippen molar-refractivity contribution < 1.29 is 27.8 Å². The van der Waals surface area contributed by atoms with Crippen LogP contribution in [0.25, 0.3) is 0 Å². The molecule has 4 heterocycles. The average molecular weight is 646 g/mol. The van der Waals surface area contributed by atoms with Crippen LogP contribution >= 0.6 is 9.24 Å². The third-order valence-corrected chi connectivity index (χ3v) is 9.42. The number of likely N-dealkylation sites (tertiary alicyclic amines) is 1. The third-order valence-electron chi connectivity index (χ3n) is 9.06. The zero-order valence-corrected chi connectivity index (χ0v) is 28.2. The second-order valence-corrected chi connectivity index (χ2v) is 14.5. The molecule has 2 fully saturated rings. The van der Waals surface area contributed by atoms with Gasteiger partial charge in [-0.1, -0.05) is 18.2 Å². The number of hydrogen-bond acceptors (Lipinski definition) is 7. The van der Waals surface area contributed by atoms with E-state index in [4.69, 9.17) is 19.2 Å². The van der Waals surface area contributed by atoms with Gasteiger partial charge in [-0.2, -0.15) is 0 Å². The van der Waals surface area contributed by atoms with Gasteiger partial charge in [0.2, 0.25) is 0 Å². The molecule has 3 aliphatic heterocycles. The third kappa shape index (κ3) is 9.43. The molecule has 3 atom stereocenters. The molecule has 5 rings (SSSR count). The van der Waals surface area contributed by atoms with Gasteiger partial charge in [0, 0.05) is 44.3 Å². The Kier molecular flexibility index (Phi) is 11.5. The van der Waals surface area contributed by atoms with Gasteiger partial charge in [-0.15, -0.1) is 9.24 Å². The number of ether oxygens (including phenoxy) is 3. The minimum atomic E-state index is -2.82. The smallest absolute Gasteiger partial charge is 0.328 e. The summed E-state index contributed by atoms with van der Waals surface area (Å²) in [5.74, 6) is -3.12. The number of hydrogen-bond donors (Lipinski definition) is 1. The van der Waals surface area contributed by atoms with Crippen molar-refractivity contribution >= 4 is 26.3 Å². The molecule has 2 unspecified atom stereocenters. The van der Waals surface area contributed by atoms with Gasteiger partial charge in [0.15, 0.2) is 0 Å². The normalized spacial score (nSPS) is 20.4. The standard InChI is InChI=1S/C35H50F2N3O4P/c1-34(2,3)44-33(41)31(30-21-29(45)12-10-25(30)23-43-28-14-19-42-20-15-28)40-18-13-26(22-40)35(36,37)16-5-4-8-27-11-9-24-7-6-17-38-32(24)39-27/h9-12,21,26,28,31H,4-8,13-20,22-23,45H2,1-3H3,(H,38,39)/t26-,31?/m1/s1. The maximum absolute atomic E-state index is 15.7. The number of unbranched alkanes of at least 4 members (excludes halogenated alkanes) is 1. The van der Waals surface area contributed by atoms with E-state index in [-0.39, 0.29) is 19.1 Å². The van der Waals surface area contributed by atoms with Crippen LogP contribution < -0.4 is 10.6 Å². The van der Waals surface area contributed by atoms with E-state index in [0.29, 0.717) is 52.0 Å². The van der Waals surface area contributed by atoms with Gasteiger partial charge in [-0.3, -0.25) is 4.90 Å². The van der Waals surface area contributed by atoms with Crippen LogP contribution in [-0.4, -0.2) is 66.3 Å². The second-order valence-electron chi connectivity index (χ2n) is 13.8. The number of carbonyl (C=O) groups excluding carboxylic acids is 1. The lowest BCUT2D eigenvalue weighted by molar-refractivity contribution is -0.162. The molecule has 3 aliphatic rings. The highest BCUT2D eigenvalue weighted by molar-refractivity contribution is 7.27. The predicted molar refractivity (Wildman–Crippen MR) is 176 cm³/mol. The van der Waals surface area contributed by atoms with Crippen LogP contribution in [0, 0.1) is 5.92 Å². The summed E-state index contributed by atoms with van der Waals surface area (Å²) >= 11 is 0. The molecule has 2 saturated heterocycles. The Morgan fingerprint density at radius 3 is 2.73 bits per heavy atom. The van der Waals surface area contributed by atoms with E-state index >= 15 is 8.78 Å². The zero-order chi connectivity index (χ0) is 32.0. The number of esters is 1.